The average molecular weight is 326 g/mol. The van der Waals surface area contributed by atoms with Crippen LogP contribution < -0.4 is 10.6 Å². The van der Waals surface area contributed by atoms with Gasteiger partial charge in [0, 0.05) is 45.4 Å². The van der Waals surface area contributed by atoms with Crippen LogP contribution in [0.5, 0.6) is 0 Å². The molecule has 0 radical (unpaired) electrons. The summed E-state index contributed by atoms with van der Waals surface area (Å²) in [6, 6.07) is 0.345. The van der Waals surface area contributed by atoms with Gasteiger partial charge >= 0.3 is 0 Å². The lowest BCUT2D eigenvalue weighted by Crippen LogP contribution is -2.55. The largest absolute Gasteiger partial charge is 0.383 e. The van der Waals surface area contributed by atoms with E-state index in [2.05, 4.69) is 20.4 Å². The second-order valence-corrected chi connectivity index (χ2v) is 6.69. The van der Waals surface area contributed by atoms with E-state index in [1.807, 2.05) is 13.8 Å². The van der Waals surface area contributed by atoms with Crippen LogP contribution in [0.15, 0.2) is 0 Å². The molecule has 0 aromatic rings. The van der Waals surface area contributed by atoms with E-state index < -0.39 is 0 Å². The highest BCUT2D eigenvalue weighted by atomic mass is 16.5. The van der Waals surface area contributed by atoms with Gasteiger partial charge in [0.1, 0.15) is 0 Å². The predicted molar refractivity (Wildman–Crippen MR) is 88.1 cm³/mol. The highest BCUT2D eigenvalue weighted by molar-refractivity contribution is 5.82. The molecule has 1 saturated carbocycles. The third-order valence-corrected chi connectivity index (χ3v) is 4.45. The Morgan fingerprint density at radius 2 is 1.83 bits per heavy atom. The molecule has 7 heteroatoms. The summed E-state index contributed by atoms with van der Waals surface area (Å²) >= 11 is 0. The monoisotopic (exact) mass is 326 g/mol. The van der Waals surface area contributed by atoms with Crippen LogP contribution in [0.2, 0.25) is 0 Å². The Balaban J connectivity index is 1.66. The zero-order chi connectivity index (χ0) is 16.8. The van der Waals surface area contributed by atoms with Crippen molar-refractivity contribution in [1.29, 1.82) is 0 Å². The van der Waals surface area contributed by atoms with Crippen molar-refractivity contribution in [2.75, 3.05) is 46.4 Å². The maximum Gasteiger partial charge on any atom is 0.237 e. The van der Waals surface area contributed by atoms with E-state index in [0.717, 1.165) is 39.0 Å². The highest BCUT2D eigenvalue weighted by Gasteiger charge is 2.30. The van der Waals surface area contributed by atoms with Crippen LogP contribution in [-0.2, 0) is 14.3 Å². The molecular weight excluding hydrogens is 296 g/mol. The molecule has 1 heterocycles. The molecule has 0 aromatic heterocycles. The molecule has 2 fully saturated rings. The maximum atomic E-state index is 12.1. The number of carbonyl (C=O) groups excluding carboxylic acids is 2. The van der Waals surface area contributed by atoms with Crippen LogP contribution in [0.25, 0.3) is 0 Å². The summed E-state index contributed by atoms with van der Waals surface area (Å²) < 4.78 is 5.02. The van der Waals surface area contributed by atoms with E-state index in [-0.39, 0.29) is 23.9 Å². The molecule has 2 unspecified atom stereocenters. The molecule has 2 atom stereocenters. The molecular formula is C16H30N4O3. The SMILES string of the molecule is COCC(C)NC(=O)CN1CCN(C(C)C(=O)NC2CC2)CC1. The van der Waals surface area contributed by atoms with Gasteiger partial charge in [0.05, 0.1) is 19.2 Å². The van der Waals surface area contributed by atoms with Crippen molar-refractivity contribution < 1.29 is 14.3 Å². The van der Waals surface area contributed by atoms with Crippen LogP contribution in [0.4, 0.5) is 0 Å². The maximum absolute atomic E-state index is 12.1. The minimum absolute atomic E-state index is 0.0277. The molecule has 1 aliphatic carbocycles. The van der Waals surface area contributed by atoms with Gasteiger partial charge in [0.25, 0.3) is 0 Å². The van der Waals surface area contributed by atoms with Crippen LogP contribution >= 0.6 is 0 Å². The lowest BCUT2D eigenvalue weighted by atomic mass is 10.2. The van der Waals surface area contributed by atoms with Crippen LogP contribution in [-0.4, -0.2) is 86.2 Å². The van der Waals surface area contributed by atoms with E-state index in [1.54, 1.807) is 7.11 Å². The lowest BCUT2D eigenvalue weighted by Gasteiger charge is -2.37. The molecule has 0 aromatic carbocycles. The van der Waals surface area contributed by atoms with Crippen LogP contribution in [0.3, 0.4) is 0 Å². The van der Waals surface area contributed by atoms with Gasteiger partial charge in [-0.25, -0.2) is 0 Å². The molecule has 7 nitrogen and oxygen atoms in total. The number of hydrogen-bond acceptors (Lipinski definition) is 5. The van der Waals surface area contributed by atoms with Gasteiger partial charge in [0.2, 0.25) is 11.8 Å². The minimum atomic E-state index is -0.0895. The smallest absolute Gasteiger partial charge is 0.237 e. The standard InChI is InChI=1S/C16H30N4O3/c1-12(11-23-3)17-15(21)10-19-6-8-20(9-7-19)13(2)16(22)18-14-4-5-14/h12-14H,4-11H2,1-3H3,(H,17,21)(H,18,22). The molecule has 2 rings (SSSR count). The Morgan fingerprint density at radius 3 is 2.39 bits per heavy atom. The second kappa shape index (κ2) is 8.61. The summed E-state index contributed by atoms with van der Waals surface area (Å²) in [6.07, 6.45) is 2.23. The van der Waals surface area contributed by atoms with Gasteiger partial charge < -0.3 is 15.4 Å². The van der Waals surface area contributed by atoms with Gasteiger partial charge in [-0.15, -0.1) is 0 Å². The first-order valence-electron chi connectivity index (χ1n) is 8.54. The topological polar surface area (TPSA) is 73.9 Å². The number of hydrogen-bond donors (Lipinski definition) is 2. The Labute approximate surface area is 138 Å². The molecule has 0 spiro atoms. The van der Waals surface area contributed by atoms with E-state index >= 15 is 0 Å². The predicted octanol–water partition coefficient (Wildman–Crippen LogP) is -0.578. The summed E-state index contributed by atoms with van der Waals surface area (Å²) in [6.45, 7) is 8.09. The molecule has 2 amide bonds. The van der Waals surface area contributed by atoms with Crippen molar-refractivity contribution in [1.82, 2.24) is 20.4 Å². The first-order valence-corrected chi connectivity index (χ1v) is 8.54. The molecule has 1 aliphatic heterocycles. The van der Waals surface area contributed by atoms with Gasteiger partial charge in [-0.1, -0.05) is 0 Å². The van der Waals surface area contributed by atoms with E-state index in [1.165, 1.54) is 0 Å². The third kappa shape index (κ3) is 6.08. The summed E-state index contributed by atoms with van der Waals surface area (Å²) in [5, 5.41) is 5.98. The second-order valence-electron chi connectivity index (χ2n) is 6.69. The highest BCUT2D eigenvalue weighted by Crippen LogP contribution is 2.19. The third-order valence-electron chi connectivity index (χ3n) is 4.45. The zero-order valence-corrected chi connectivity index (χ0v) is 14.5. The van der Waals surface area contributed by atoms with Crippen molar-refractivity contribution in [2.45, 2.75) is 44.8 Å². The average Bonchev–Trinajstić information content (AvgIpc) is 3.31. The van der Waals surface area contributed by atoms with Crippen molar-refractivity contribution >= 4 is 11.8 Å². The number of rotatable bonds is 8. The Hall–Kier alpha value is -1.18. The molecule has 2 aliphatic rings. The first-order chi connectivity index (χ1) is 11.0. The molecule has 0 bridgehead atoms. The fourth-order valence-corrected chi connectivity index (χ4v) is 2.84. The lowest BCUT2D eigenvalue weighted by molar-refractivity contribution is -0.128. The summed E-state index contributed by atoms with van der Waals surface area (Å²) in [7, 11) is 1.63. The number of amides is 2. The fraction of sp³-hybridized carbons (Fsp3) is 0.875. The number of ether oxygens (including phenoxy) is 1. The van der Waals surface area contributed by atoms with Gasteiger partial charge in [0.15, 0.2) is 0 Å². The van der Waals surface area contributed by atoms with Crippen molar-refractivity contribution in [3.63, 3.8) is 0 Å². The number of carbonyl (C=O) groups is 2. The quantitative estimate of drug-likeness (QED) is 0.624. The number of methoxy groups -OCH3 is 1. The van der Waals surface area contributed by atoms with Crippen LogP contribution in [0.1, 0.15) is 26.7 Å². The Bertz CT molecular complexity index is 406. The fourth-order valence-electron chi connectivity index (χ4n) is 2.84. The van der Waals surface area contributed by atoms with E-state index in [4.69, 9.17) is 4.74 Å². The number of piperazine rings is 1. The van der Waals surface area contributed by atoms with Gasteiger partial charge in [-0.2, -0.15) is 0 Å². The number of nitrogens with one attached hydrogen (secondary N) is 2. The normalized spacial score (nSPS) is 22.4. The van der Waals surface area contributed by atoms with E-state index in [0.29, 0.717) is 19.2 Å². The van der Waals surface area contributed by atoms with Gasteiger partial charge in [-0.3, -0.25) is 19.4 Å². The zero-order valence-electron chi connectivity index (χ0n) is 14.5. The summed E-state index contributed by atoms with van der Waals surface area (Å²) in [5.41, 5.74) is 0. The molecule has 23 heavy (non-hydrogen) atoms. The summed E-state index contributed by atoms with van der Waals surface area (Å²) in [4.78, 5) is 28.4. The van der Waals surface area contributed by atoms with Crippen LogP contribution in [0, 0.1) is 0 Å². The van der Waals surface area contributed by atoms with Crippen molar-refractivity contribution in [3.05, 3.63) is 0 Å². The summed E-state index contributed by atoms with van der Waals surface area (Å²) in [5.74, 6) is 0.162. The Morgan fingerprint density at radius 1 is 1.17 bits per heavy atom. The molecule has 2 N–H and O–H groups in total. The molecule has 1 saturated heterocycles. The van der Waals surface area contributed by atoms with Crippen molar-refractivity contribution in [2.24, 2.45) is 0 Å². The van der Waals surface area contributed by atoms with E-state index in [9.17, 15) is 9.59 Å². The molecule has 132 valence electrons. The Kier molecular flexibility index (Phi) is 6.80. The van der Waals surface area contributed by atoms with Gasteiger partial charge in [-0.05, 0) is 26.7 Å². The van der Waals surface area contributed by atoms with Crippen molar-refractivity contribution in [3.8, 4) is 0 Å². The number of nitrogens with zero attached hydrogens (tertiary/aromatic N) is 2. The first kappa shape index (κ1) is 18.2. The minimum Gasteiger partial charge on any atom is -0.383 e.